The molecule has 17 nitrogen and oxygen atoms in total. The number of rotatable bonds is 17. The van der Waals surface area contributed by atoms with Gasteiger partial charge >= 0.3 is 11.9 Å². The van der Waals surface area contributed by atoms with Crippen LogP contribution in [0.5, 0.6) is 11.5 Å². The van der Waals surface area contributed by atoms with E-state index in [2.05, 4.69) is 20.5 Å². The van der Waals surface area contributed by atoms with E-state index in [1.54, 1.807) is 0 Å². The smallest absolute Gasteiger partial charge is 0.322 e. The Morgan fingerprint density at radius 1 is 1.17 bits per heavy atom. The molecule has 0 aliphatic carbocycles. The molecule has 0 bridgehead atoms. The van der Waals surface area contributed by atoms with Gasteiger partial charge in [0.25, 0.3) is 15.9 Å². The van der Waals surface area contributed by atoms with Crippen molar-refractivity contribution in [1.29, 1.82) is 0 Å². The van der Waals surface area contributed by atoms with Crippen molar-refractivity contribution in [2.45, 2.75) is 55.0 Å². The fourth-order valence-corrected chi connectivity index (χ4v) is 7.81. The van der Waals surface area contributed by atoms with Gasteiger partial charge in [0.15, 0.2) is 17.3 Å². The Morgan fingerprint density at radius 2 is 1.85 bits per heavy atom. The van der Waals surface area contributed by atoms with Gasteiger partial charge in [-0.1, -0.05) is 16.8 Å². The molecule has 0 saturated carbocycles. The number of benzene rings is 1. The lowest BCUT2D eigenvalue weighted by Gasteiger charge is -2.20. The number of halogens is 1. The number of aryl methyl sites for hydroxylation is 2. The van der Waals surface area contributed by atoms with Gasteiger partial charge in [-0.25, -0.2) is 13.1 Å². The van der Waals surface area contributed by atoms with Crippen molar-refractivity contribution in [3.8, 4) is 11.5 Å². The maximum Gasteiger partial charge on any atom is 0.322 e. The van der Waals surface area contributed by atoms with E-state index in [9.17, 15) is 42.6 Å². The number of carbonyl (C=O) groups excluding carboxylic acids is 3. The molecule has 0 aliphatic rings. The lowest BCUT2D eigenvalue weighted by atomic mass is 10.0. The third-order valence-corrected chi connectivity index (χ3v) is 10.7. The predicted molar refractivity (Wildman–Crippen MR) is 172 cm³/mol. The van der Waals surface area contributed by atoms with Gasteiger partial charge in [0.05, 0.1) is 9.77 Å². The first kappa shape index (κ1) is 38.1. The second-order valence-electron chi connectivity index (χ2n) is 10.1. The number of nitrogens with zero attached hydrogens (tertiary/aromatic N) is 1. The highest BCUT2D eigenvalue weighted by molar-refractivity contribution is 7.99. The number of phenols is 2. The minimum absolute atomic E-state index is 0.0755. The Hall–Kier alpha value is -4.37. The van der Waals surface area contributed by atoms with Gasteiger partial charge in [0.2, 0.25) is 11.8 Å². The van der Waals surface area contributed by atoms with Gasteiger partial charge in [-0.2, -0.15) is 0 Å². The van der Waals surface area contributed by atoms with Crippen LogP contribution in [0.4, 0.5) is 5.88 Å². The Bertz CT molecular complexity index is 1840. The van der Waals surface area contributed by atoms with E-state index in [1.807, 2.05) is 0 Å². The zero-order chi connectivity index (χ0) is 35.9. The maximum atomic E-state index is 13.6. The monoisotopic (exact) mass is 747 g/mol. The Labute approximate surface area is 285 Å². The van der Waals surface area contributed by atoms with E-state index in [4.69, 9.17) is 32.1 Å². The van der Waals surface area contributed by atoms with Crippen molar-refractivity contribution in [3.63, 3.8) is 0 Å². The van der Waals surface area contributed by atoms with Crippen LogP contribution in [0, 0.1) is 13.8 Å². The normalized spacial score (nSPS) is 12.6. The number of thioether (sulfide) groups is 1. The summed E-state index contributed by atoms with van der Waals surface area (Å²) in [6.45, 7) is 2.21. The highest BCUT2D eigenvalue weighted by atomic mass is 35.5. The van der Waals surface area contributed by atoms with Gasteiger partial charge in [-0.15, -0.1) is 23.1 Å². The van der Waals surface area contributed by atoms with Crippen LogP contribution < -0.4 is 21.1 Å². The number of aliphatic carboxylic acids is 2. The molecule has 0 fully saturated rings. The minimum Gasteiger partial charge on any atom is -0.504 e. The van der Waals surface area contributed by atoms with Crippen LogP contribution in [0.1, 0.15) is 39.3 Å². The molecular formula is C27H30ClN5O12S3. The summed E-state index contributed by atoms with van der Waals surface area (Å²) in [5.41, 5.74) is 6.12. The van der Waals surface area contributed by atoms with Crippen LogP contribution in [0.3, 0.4) is 0 Å². The van der Waals surface area contributed by atoms with Crippen LogP contribution in [-0.4, -0.2) is 87.9 Å². The number of phenolic OH excluding ortho intramolecular Hbond substituents is 2. The van der Waals surface area contributed by atoms with Crippen molar-refractivity contribution < 1.29 is 57.3 Å². The van der Waals surface area contributed by atoms with Crippen LogP contribution >= 0.6 is 34.7 Å². The van der Waals surface area contributed by atoms with E-state index in [-0.39, 0.29) is 50.5 Å². The summed E-state index contributed by atoms with van der Waals surface area (Å²) in [7, 11) is -4.39. The number of Topliss-reactive ketones (excluding diaryl/α,β-unsaturated/α-hetero) is 1. The Kier molecular flexibility index (Phi) is 12.8. The van der Waals surface area contributed by atoms with Crippen LogP contribution in [0.25, 0.3) is 0 Å². The summed E-state index contributed by atoms with van der Waals surface area (Å²) in [4.78, 5) is 60.2. The van der Waals surface area contributed by atoms with Crippen molar-refractivity contribution in [2.24, 2.45) is 5.73 Å². The number of nitrogens with one attached hydrogen (secondary N) is 3. The average molecular weight is 748 g/mol. The van der Waals surface area contributed by atoms with Crippen LogP contribution in [0.2, 0.25) is 5.02 Å². The molecule has 3 rings (SSSR count). The molecule has 1 aromatic carbocycles. The standard InChI is InChI=1S/C27H30ClN5O12S3/c1-11-7-16(34)22(39)23(47-10-15(25(40)30-9-20(37)38)31-19(36)4-3-14(29)27(41)42)13(11)8-17(35)24-18(5-6-46-24)48(43,44)33-26-21(28)12(2)32-45-26/h5-7,14-15,33-34,39H,3-4,8-10,29H2,1-2H3,(H,30,40)(H,31,36)(H,37,38)(H,41,42)/t14-,15-/m0/s1. The second-order valence-corrected chi connectivity index (χ2v) is 14.1. The van der Waals surface area contributed by atoms with Crippen molar-refractivity contribution in [1.82, 2.24) is 15.8 Å². The molecule has 21 heteroatoms. The molecule has 0 saturated heterocycles. The molecule has 260 valence electrons. The number of carbonyl (C=O) groups is 5. The number of aromatic nitrogens is 1. The molecule has 2 amide bonds. The minimum atomic E-state index is -4.39. The Balaban J connectivity index is 1.88. The molecule has 0 spiro atoms. The lowest BCUT2D eigenvalue weighted by molar-refractivity contribution is -0.139. The molecule has 2 aromatic heterocycles. The fraction of sp³-hybridized carbons (Fsp3) is 0.333. The number of thiophene rings is 1. The number of hydrogen-bond donors (Lipinski definition) is 8. The summed E-state index contributed by atoms with van der Waals surface area (Å²) in [5, 5.41) is 48.4. The molecule has 0 radical (unpaired) electrons. The number of carboxylic acids is 2. The van der Waals surface area contributed by atoms with Crippen molar-refractivity contribution >= 4 is 80.1 Å². The predicted octanol–water partition coefficient (Wildman–Crippen LogP) is 1.61. The zero-order valence-corrected chi connectivity index (χ0v) is 28.3. The second kappa shape index (κ2) is 16.2. The number of amides is 2. The summed E-state index contributed by atoms with van der Waals surface area (Å²) < 4.78 is 33.4. The van der Waals surface area contributed by atoms with E-state index >= 15 is 0 Å². The van der Waals surface area contributed by atoms with Gasteiger partial charge in [-0.05, 0) is 48.9 Å². The first-order valence-electron chi connectivity index (χ1n) is 13.6. The highest BCUT2D eigenvalue weighted by Gasteiger charge is 2.29. The zero-order valence-electron chi connectivity index (χ0n) is 25.1. The maximum absolute atomic E-state index is 13.6. The van der Waals surface area contributed by atoms with Crippen molar-refractivity contribution in [2.75, 3.05) is 17.0 Å². The van der Waals surface area contributed by atoms with E-state index in [1.165, 1.54) is 31.4 Å². The third-order valence-electron chi connectivity index (χ3n) is 6.55. The summed E-state index contributed by atoms with van der Waals surface area (Å²) >= 11 is 7.58. The fourth-order valence-electron chi connectivity index (χ4n) is 4.04. The third kappa shape index (κ3) is 9.60. The number of nitrogens with two attached hydrogens (primary N) is 1. The van der Waals surface area contributed by atoms with E-state index in [0.29, 0.717) is 5.56 Å². The summed E-state index contributed by atoms with van der Waals surface area (Å²) in [5.74, 6) is -7.09. The average Bonchev–Trinajstić information content (AvgIpc) is 3.64. The summed E-state index contributed by atoms with van der Waals surface area (Å²) in [6.07, 6.45) is -1.14. The number of aromatic hydroxyl groups is 2. The Morgan fingerprint density at radius 3 is 2.46 bits per heavy atom. The molecule has 3 aromatic rings. The molecular weight excluding hydrogens is 718 g/mol. The lowest BCUT2D eigenvalue weighted by Crippen LogP contribution is -2.49. The molecule has 0 unspecified atom stereocenters. The molecule has 48 heavy (non-hydrogen) atoms. The van der Waals surface area contributed by atoms with Crippen molar-refractivity contribution in [3.05, 3.63) is 44.2 Å². The molecule has 2 atom stereocenters. The highest BCUT2D eigenvalue weighted by Crippen LogP contribution is 2.42. The first-order valence-corrected chi connectivity index (χ1v) is 17.3. The van der Waals surface area contributed by atoms with E-state index in [0.717, 1.165) is 23.1 Å². The molecule has 2 heterocycles. The number of carboxylic acid groups (broad SMARTS) is 2. The number of ketones is 1. The van der Waals surface area contributed by atoms with E-state index < -0.39 is 81.0 Å². The molecule has 9 N–H and O–H groups in total. The largest absolute Gasteiger partial charge is 0.504 e. The first-order chi connectivity index (χ1) is 22.4. The SMILES string of the molecule is Cc1cc(O)c(O)c(SC[C@H](NC(=O)CC[C@H](N)C(=O)O)C(=O)NCC(=O)O)c1CC(=O)c1sccc1S(=O)(=O)Nc1onc(C)c1Cl. The van der Waals surface area contributed by atoms with Gasteiger partial charge < -0.3 is 41.3 Å². The molecule has 0 aliphatic heterocycles. The van der Waals surface area contributed by atoms with Crippen LogP contribution in [-0.2, 0) is 35.6 Å². The van der Waals surface area contributed by atoms with Gasteiger partial charge in [0.1, 0.15) is 34.2 Å². The topological polar surface area (TPSA) is 289 Å². The van der Waals surface area contributed by atoms with Gasteiger partial charge in [0, 0.05) is 18.6 Å². The van der Waals surface area contributed by atoms with Crippen LogP contribution in [0.15, 0.2) is 31.8 Å². The number of hydrogen-bond acceptors (Lipinski definition) is 14. The quantitative estimate of drug-likeness (QED) is 0.0553. The summed E-state index contributed by atoms with van der Waals surface area (Å²) in [6, 6.07) is -0.412. The number of sulfonamides is 1. The van der Waals surface area contributed by atoms with Gasteiger partial charge in [-0.3, -0.25) is 24.0 Å². The number of anilines is 1.